The van der Waals surface area contributed by atoms with Crippen molar-refractivity contribution in [2.75, 3.05) is 47.5 Å². The number of allylic oxidation sites excluding steroid dienone is 4. The number of unbranched alkanes of at least 4 members (excludes halogenated alkanes) is 54. The topological polar surface area (TPSA) is 111 Å². The Morgan fingerprint density at radius 3 is 0.919 bits per heavy atom. The van der Waals surface area contributed by atoms with Gasteiger partial charge in [-0.25, -0.2) is 0 Å². The molecule has 2 atom stereocenters. The van der Waals surface area contributed by atoms with E-state index in [9.17, 15) is 19.0 Å². The maximum Gasteiger partial charge on any atom is 0.306 e. The molecular weight excluding hydrogens is 1090 g/mol. The van der Waals surface area contributed by atoms with Crippen molar-refractivity contribution in [2.45, 2.75) is 405 Å². The monoisotopic (exact) mass is 1230 g/mol. The summed E-state index contributed by atoms with van der Waals surface area (Å²) in [5.41, 5.74) is 0. The maximum absolute atomic E-state index is 12.9. The minimum absolute atomic E-state index is 0.0266. The van der Waals surface area contributed by atoms with Crippen LogP contribution in [0.4, 0.5) is 0 Å². The fourth-order valence-corrected chi connectivity index (χ4v) is 12.4. The van der Waals surface area contributed by atoms with Crippen LogP contribution >= 0.6 is 7.82 Å². The lowest BCUT2D eigenvalue weighted by molar-refractivity contribution is -0.870. The van der Waals surface area contributed by atoms with Gasteiger partial charge in [-0.3, -0.25) is 14.2 Å². The van der Waals surface area contributed by atoms with E-state index in [1.54, 1.807) is 0 Å². The number of ether oxygens (including phenoxy) is 2. The van der Waals surface area contributed by atoms with Crippen molar-refractivity contribution in [1.82, 2.24) is 0 Å². The molecule has 9 nitrogen and oxygen atoms in total. The number of esters is 2. The average molecular weight is 1230 g/mol. The number of likely N-dealkylation sites (N-methyl/N-ethyl adjacent to an activating group) is 1. The van der Waals surface area contributed by atoms with Crippen LogP contribution < -0.4 is 4.89 Å². The van der Waals surface area contributed by atoms with Crippen LogP contribution in [-0.2, 0) is 32.7 Å². The smallest absolute Gasteiger partial charge is 0.306 e. The molecule has 0 spiro atoms. The lowest BCUT2D eigenvalue weighted by atomic mass is 10.0. The van der Waals surface area contributed by atoms with E-state index in [4.69, 9.17) is 18.5 Å². The highest BCUT2D eigenvalue weighted by molar-refractivity contribution is 7.45. The number of phosphoric acid groups is 1. The normalized spacial score (nSPS) is 13.1. The largest absolute Gasteiger partial charge is 0.756 e. The number of carbonyl (C=O) groups is 2. The van der Waals surface area contributed by atoms with E-state index in [1.807, 2.05) is 21.1 Å². The van der Waals surface area contributed by atoms with E-state index in [2.05, 4.69) is 38.2 Å². The average Bonchev–Trinajstić information content (AvgIpc) is 3.56. The number of hydrogen-bond donors (Lipinski definition) is 0. The molecule has 0 aliphatic carbocycles. The van der Waals surface area contributed by atoms with E-state index >= 15 is 0 Å². The van der Waals surface area contributed by atoms with Crippen LogP contribution in [0.25, 0.3) is 0 Å². The van der Waals surface area contributed by atoms with Crippen molar-refractivity contribution in [1.29, 1.82) is 0 Å². The first-order valence-electron chi connectivity index (χ1n) is 38.0. The molecule has 0 bridgehead atoms. The zero-order chi connectivity index (χ0) is 62.6. The summed E-state index contributed by atoms with van der Waals surface area (Å²) in [7, 11) is 1.19. The van der Waals surface area contributed by atoms with Crippen LogP contribution in [0.3, 0.4) is 0 Å². The van der Waals surface area contributed by atoms with Gasteiger partial charge in [-0.15, -0.1) is 0 Å². The van der Waals surface area contributed by atoms with Gasteiger partial charge in [-0.05, 0) is 44.9 Å². The second-order valence-electron chi connectivity index (χ2n) is 27.4. The van der Waals surface area contributed by atoms with Crippen LogP contribution in [0.1, 0.15) is 399 Å². The van der Waals surface area contributed by atoms with Crippen molar-refractivity contribution < 1.29 is 42.1 Å². The molecule has 510 valence electrons. The van der Waals surface area contributed by atoms with Gasteiger partial charge in [-0.2, -0.15) is 0 Å². The molecule has 0 fully saturated rings. The second kappa shape index (κ2) is 67.9. The lowest BCUT2D eigenvalue weighted by Crippen LogP contribution is -2.37. The molecule has 0 saturated carbocycles. The Morgan fingerprint density at radius 1 is 0.360 bits per heavy atom. The summed E-state index contributed by atoms with van der Waals surface area (Å²) in [6.07, 6.45) is 85.8. The van der Waals surface area contributed by atoms with E-state index in [0.717, 1.165) is 38.5 Å². The first-order valence-corrected chi connectivity index (χ1v) is 39.5. The van der Waals surface area contributed by atoms with Gasteiger partial charge in [0, 0.05) is 12.8 Å². The Balaban J connectivity index is 3.94. The number of hydrogen-bond acceptors (Lipinski definition) is 8. The van der Waals surface area contributed by atoms with Gasteiger partial charge in [-0.1, -0.05) is 366 Å². The molecule has 0 aliphatic rings. The van der Waals surface area contributed by atoms with Gasteiger partial charge >= 0.3 is 11.9 Å². The highest BCUT2D eigenvalue weighted by atomic mass is 31.2. The Labute approximate surface area is 536 Å². The van der Waals surface area contributed by atoms with Crippen LogP contribution in [0.5, 0.6) is 0 Å². The predicted octanol–water partition coefficient (Wildman–Crippen LogP) is 24.2. The lowest BCUT2D eigenvalue weighted by Gasteiger charge is -2.28. The number of quaternary nitrogens is 1. The summed E-state index contributed by atoms with van der Waals surface area (Å²) in [6, 6.07) is 0. The first kappa shape index (κ1) is 84.5. The SMILES string of the molecule is CCCCCCC/C=C\C/C=C\CCCCCCCCCCCCCCCCCCCCCC(=O)OC(COC(=O)CCCCCCCCCCCCCCCCCCCCCCCCCCCCCCCCC)COP(=O)([O-])OCC[N+](C)(C)C. The summed E-state index contributed by atoms with van der Waals surface area (Å²) >= 11 is 0. The van der Waals surface area contributed by atoms with E-state index < -0.39 is 26.5 Å². The van der Waals surface area contributed by atoms with Gasteiger partial charge in [0.2, 0.25) is 0 Å². The predicted molar refractivity (Wildman–Crippen MR) is 370 cm³/mol. The summed E-state index contributed by atoms with van der Waals surface area (Å²) in [5.74, 6) is -0.806. The molecule has 0 saturated heterocycles. The fraction of sp³-hybridized carbons (Fsp3) is 0.921. The van der Waals surface area contributed by atoms with Gasteiger partial charge < -0.3 is 27.9 Å². The van der Waals surface area contributed by atoms with E-state index in [-0.39, 0.29) is 32.0 Å². The van der Waals surface area contributed by atoms with E-state index in [1.165, 1.54) is 327 Å². The van der Waals surface area contributed by atoms with Crippen molar-refractivity contribution >= 4 is 19.8 Å². The molecule has 2 unspecified atom stereocenters. The van der Waals surface area contributed by atoms with E-state index in [0.29, 0.717) is 17.4 Å². The summed E-state index contributed by atoms with van der Waals surface area (Å²) < 4.78 is 34.4. The number of phosphoric ester groups is 1. The standard InChI is InChI=1S/C76H148NO8P/c1-6-8-10-12-14-16-18-20-22-24-26-28-30-32-34-36-38-40-42-44-46-48-50-52-54-56-58-60-62-64-66-68-75(78)82-72-74(73-84-86(80,81)83-71-70-77(3,4)5)85-76(79)69-67-65-63-61-59-57-55-53-51-49-47-45-43-41-39-37-35-33-31-29-27-25-23-21-19-17-15-13-11-9-7-2/h19,21,25,27,74H,6-18,20,22-24,26,28-73H2,1-5H3/b21-19-,27-25-. The molecule has 0 radical (unpaired) electrons. The highest BCUT2D eigenvalue weighted by Crippen LogP contribution is 2.38. The third-order valence-electron chi connectivity index (χ3n) is 17.5. The van der Waals surface area contributed by atoms with Crippen molar-refractivity contribution in [3.05, 3.63) is 24.3 Å². The van der Waals surface area contributed by atoms with Crippen molar-refractivity contribution in [2.24, 2.45) is 0 Å². The minimum atomic E-state index is -4.64. The molecule has 0 N–H and O–H groups in total. The van der Waals surface area contributed by atoms with Gasteiger partial charge in [0.05, 0.1) is 27.7 Å². The summed E-state index contributed by atoms with van der Waals surface area (Å²) in [4.78, 5) is 38.1. The maximum atomic E-state index is 12.9. The number of nitrogens with zero attached hydrogens (tertiary/aromatic N) is 1. The summed E-state index contributed by atoms with van der Waals surface area (Å²) in [6.45, 7) is 4.32. The molecule has 86 heavy (non-hydrogen) atoms. The van der Waals surface area contributed by atoms with Crippen LogP contribution in [-0.4, -0.2) is 70.0 Å². The first-order chi connectivity index (χ1) is 42.0. The Morgan fingerprint density at radius 2 is 0.628 bits per heavy atom. The van der Waals surface area contributed by atoms with Crippen LogP contribution in [0, 0.1) is 0 Å². The third-order valence-corrected chi connectivity index (χ3v) is 18.4. The van der Waals surface area contributed by atoms with Crippen molar-refractivity contribution in [3.8, 4) is 0 Å². The van der Waals surface area contributed by atoms with Crippen LogP contribution in [0.2, 0.25) is 0 Å². The quantitative estimate of drug-likeness (QED) is 0.0195. The molecule has 0 rings (SSSR count). The van der Waals surface area contributed by atoms with Gasteiger partial charge in [0.15, 0.2) is 6.10 Å². The molecule has 0 aromatic heterocycles. The number of carbonyl (C=O) groups excluding carboxylic acids is 2. The molecule has 0 amide bonds. The Hall–Kier alpha value is -1.51. The zero-order valence-electron chi connectivity index (χ0n) is 58.3. The zero-order valence-corrected chi connectivity index (χ0v) is 59.2. The molecule has 0 aliphatic heterocycles. The number of rotatable bonds is 72. The van der Waals surface area contributed by atoms with Gasteiger partial charge in [0.25, 0.3) is 7.82 Å². The van der Waals surface area contributed by atoms with Crippen molar-refractivity contribution in [3.63, 3.8) is 0 Å². The Bertz CT molecular complexity index is 1500. The molecular formula is C76H148NO8P. The molecule has 10 heteroatoms. The molecule has 0 aromatic rings. The van der Waals surface area contributed by atoms with Crippen LogP contribution in [0.15, 0.2) is 24.3 Å². The second-order valence-corrected chi connectivity index (χ2v) is 28.8. The molecule has 0 aromatic carbocycles. The minimum Gasteiger partial charge on any atom is -0.756 e. The fourth-order valence-electron chi connectivity index (χ4n) is 11.6. The van der Waals surface area contributed by atoms with Gasteiger partial charge in [0.1, 0.15) is 19.8 Å². The Kier molecular flexibility index (Phi) is 66.7. The third kappa shape index (κ3) is 71.6. The molecule has 0 heterocycles. The highest BCUT2D eigenvalue weighted by Gasteiger charge is 2.22. The summed E-state index contributed by atoms with van der Waals surface area (Å²) in [5, 5.41) is 0.